The second kappa shape index (κ2) is 48.5. The summed E-state index contributed by atoms with van der Waals surface area (Å²) in [5.74, 6) is -4.20. The van der Waals surface area contributed by atoms with Crippen molar-refractivity contribution in [2.24, 2.45) is 0 Å². The van der Waals surface area contributed by atoms with Crippen molar-refractivity contribution >= 4 is 64.1 Å². The fraction of sp³-hybridized carbons (Fsp3) is 0.378. The van der Waals surface area contributed by atoms with E-state index in [0.29, 0.717) is 74.0 Å². The summed E-state index contributed by atoms with van der Waals surface area (Å²) < 4.78 is 84.7. The first-order valence-corrected chi connectivity index (χ1v) is 40.8. The van der Waals surface area contributed by atoms with E-state index in [2.05, 4.69) is 104 Å². The van der Waals surface area contributed by atoms with Gasteiger partial charge in [0.1, 0.15) is 50.6 Å². The van der Waals surface area contributed by atoms with Crippen LogP contribution < -0.4 is 73.8 Å². The molecule has 38 heteroatoms. The molecule has 5 aromatic carbocycles. The van der Waals surface area contributed by atoms with Gasteiger partial charge in [-0.1, -0.05) is 6.07 Å². The molecule has 1 amide bonds. The number of aryl methyl sites for hydroxylation is 5. The van der Waals surface area contributed by atoms with Gasteiger partial charge in [0, 0.05) is 83.4 Å². The number of aromatic nitrogens is 15. The molecule has 128 heavy (non-hydrogen) atoms. The zero-order valence-electron chi connectivity index (χ0n) is 77.8. The minimum Gasteiger partial charge on any atom is -0.870 e. The van der Waals surface area contributed by atoms with Gasteiger partial charge in [0.15, 0.2) is 0 Å². The Morgan fingerprint density at radius 2 is 0.812 bits per heavy atom. The molecular formula is C90H111BBrF3LiN16NaO15. The Balaban J connectivity index is 0.000000329. The van der Waals surface area contributed by atoms with E-state index >= 15 is 0 Å². The molecule has 1 fully saturated rings. The molecule has 4 N–H and O–H groups in total. The van der Waals surface area contributed by atoms with Gasteiger partial charge in [0.25, 0.3) is 5.91 Å². The zero-order chi connectivity index (χ0) is 93.1. The molecule has 0 radical (unpaired) electrons. The molecule has 1 saturated heterocycles. The van der Waals surface area contributed by atoms with Crippen molar-refractivity contribution in [2.45, 2.75) is 193 Å². The molecule has 0 spiro atoms. The fourth-order valence-electron chi connectivity index (χ4n) is 12.3. The van der Waals surface area contributed by atoms with Crippen molar-refractivity contribution in [3.8, 4) is 68.0 Å². The summed E-state index contributed by atoms with van der Waals surface area (Å²) in [6.07, 6.45) is 9.46. The Morgan fingerprint density at radius 3 is 1.16 bits per heavy atom. The summed E-state index contributed by atoms with van der Waals surface area (Å²) >= 11 is 3.27. The Hall–Kier alpha value is -10.9. The molecular weight excluding hydrogens is 1720 g/mol. The number of rotatable bonds is 20. The van der Waals surface area contributed by atoms with Crippen molar-refractivity contribution in [3.05, 3.63) is 218 Å². The van der Waals surface area contributed by atoms with E-state index in [9.17, 15) is 42.3 Å². The third-order valence-corrected chi connectivity index (χ3v) is 20.5. The first-order chi connectivity index (χ1) is 58.8. The van der Waals surface area contributed by atoms with Gasteiger partial charge in [0.05, 0.1) is 90.7 Å². The molecule has 7 aromatic heterocycles. The number of ether oxygens (including phenoxy) is 4. The number of nitrogens with one attached hydrogen (secondary N) is 1. The molecule has 8 heterocycles. The minimum atomic E-state index is -1.28. The molecule has 674 valence electrons. The van der Waals surface area contributed by atoms with Crippen LogP contribution in [-0.4, -0.2) is 173 Å². The van der Waals surface area contributed by atoms with Gasteiger partial charge < -0.3 is 54.4 Å². The number of carboxylic acid groups (broad SMARTS) is 2. The second-order valence-corrected chi connectivity index (χ2v) is 32.4. The van der Waals surface area contributed by atoms with Crippen molar-refractivity contribution < 1.29 is 135 Å². The first-order valence-electron chi connectivity index (χ1n) is 40.0. The van der Waals surface area contributed by atoms with E-state index in [-0.39, 0.29) is 112 Å². The molecule has 1 aliphatic rings. The van der Waals surface area contributed by atoms with E-state index in [0.717, 1.165) is 56.5 Å². The molecule has 0 unspecified atom stereocenters. The molecule has 0 saturated carbocycles. The topological polar surface area (TPSA) is 392 Å². The normalized spacial score (nSPS) is 12.1. The summed E-state index contributed by atoms with van der Waals surface area (Å²) in [5.41, 5.74) is 10.1. The third-order valence-electron chi connectivity index (χ3n) is 20.1. The van der Waals surface area contributed by atoms with Crippen LogP contribution in [0.2, 0.25) is 0 Å². The number of benzene rings is 5. The number of pyridine rings is 1. The molecule has 0 atom stereocenters. The number of tetrazole rings is 1. The number of aromatic carboxylic acids is 2. The second-order valence-electron chi connectivity index (χ2n) is 31.6. The standard InChI is InChI=1S/C24H28N8O2.C15H20BFO4.C15H17FN2O2.C15H18N2O3.C14H15FN2O2.C6H9BrN2.CH3O.Li.Na.H2O/c1-14(2)31-11-10-19(28-31)17-13-18(21(34-6)12-16(17)5)24(33)26-22-9-7-8-20(25-22)23-27-29-30-32(23)15(3)4;1-9-7-12(17)10(13(18)19-6)8-11(9)16-20-14(2,3)15(4,5)21-16;1-9(2)18-6-5-14(17-18)11-8-12(15(19)20-4)13(16)7-10(11)3;1-9(2)17-6-5-13(16-17)11-8-12(15(18)19)14(20-4)7-10(11)3;1-8(2)17-5-4-13(16-17)10-7-11(14(18)19)12(15)6-9(10)3;1-5(2)9-4-3-6(7)8-9;1-2;;;/h7-15H,1-6H3,(H,25,26,33);7-8H,1-6H3;5-9H,1-4H3;5-9H,1-4H3,(H,18,19);4-8H,1-3H3,(H,18,19);3-5H,1-2H3;1H3;;;1H2/q;;;;;;-1;2*+1;/p-1. The van der Waals surface area contributed by atoms with Gasteiger partial charge in [-0.25, -0.2) is 42.0 Å². The number of halogens is 4. The number of carbonyl (C=O) groups excluding carboxylic acids is 3. The molecule has 0 aliphatic carbocycles. The Labute approximate surface area is 786 Å². The Bertz CT molecular complexity index is 5750. The van der Waals surface area contributed by atoms with Crippen LogP contribution in [0.4, 0.5) is 19.0 Å². The predicted molar refractivity (Wildman–Crippen MR) is 475 cm³/mol. The monoisotopic (exact) mass is 1830 g/mol. The minimum absolute atomic E-state index is 0. The molecule has 1 aliphatic heterocycles. The van der Waals surface area contributed by atoms with Gasteiger partial charge >= 0.3 is 79.4 Å². The Kier molecular flexibility index (Phi) is 41.4. The van der Waals surface area contributed by atoms with Crippen LogP contribution in [0.5, 0.6) is 11.5 Å². The maximum atomic E-state index is 13.9. The van der Waals surface area contributed by atoms with Crippen LogP contribution in [0.3, 0.4) is 0 Å². The SMILES string of the molecule is CC(C)n1ccc(Br)n1.COC(=O)c1cc(-c2ccn(C(C)C)n2)c(C)cc1F.COC(=O)c1cc(B2OC(C)(C)C(C)(C)O2)c(C)cc1F.COc1cc(C)c(-c2ccn(C(C)C)n2)cc1C(=O)Nc1cccc(-c2nnnn2C(C)C)n1.COc1cc(C)c(-c2ccn(C(C)C)n2)cc1C(=O)O.C[O-].Cc1cc(F)c(C(=O)O)cc1-c1ccn(C(C)C)n1.[Li+].[Na+].[OH-]. The number of nitrogens with zero attached hydrogens (tertiary/aromatic N) is 15. The van der Waals surface area contributed by atoms with E-state index in [1.54, 1.807) is 79.7 Å². The average molecular weight is 1830 g/mol. The smallest absolute Gasteiger partial charge is 0.870 e. The maximum Gasteiger partial charge on any atom is 1.00 e. The number of anilines is 1. The van der Waals surface area contributed by atoms with Crippen LogP contribution in [0.15, 0.2) is 145 Å². The van der Waals surface area contributed by atoms with E-state index in [1.165, 1.54) is 57.7 Å². The van der Waals surface area contributed by atoms with Gasteiger partial charge in [-0.05, 0) is 308 Å². The summed E-state index contributed by atoms with van der Waals surface area (Å²) in [6.45, 7) is 41.3. The molecule has 31 nitrogen and oxygen atoms in total. The van der Waals surface area contributed by atoms with Gasteiger partial charge in [-0.3, -0.25) is 28.2 Å². The first kappa shape index (κ1) is 109. The number of esters is 2. The predicted octanol–water partition coefficient (Wildman–Crippen LogP) is 11.4. The van der Waals surface area contributed by atoms with Crippen LogP contribution in [0.1, 0.15) is 227 Å². The molecule has 12 aromatic rings. The third kappa shape index (κ3) is 27.6. The van der Waals surface area contributed by atoms with Crippen molar-refractivity contribution in [1.29, 1.82) is 0 Å². The van der Waals surface area contributed by atoms with Crippen LogP contribution >= 0.6 is 15.9 Å². The van der Waals surface area contributed by atoms with E-state index in [1.807, 2.05) is 177 Å². The number of carboxylic acids is 2. The summed E-state index contributed by atoms with van der Waals surface area (Å²) in [5, 5.41) is 63.3. The summed E-state index contributed by atoms with van der Waals surface area (Å²) in [7, 11) is 5.57. The van der Waals surface area contributed by atoms with Crippen LogP contribution in [0.25, 0.3) is 56.5 Å². The molecule has 0 bridgehead atoms. The largest absolute Gasteiger partial charge is 1.00 e. The van der Waals surface area contributed by atoms with Gasteiger partial charge in [-0.15, -0.1) is 5.10 Å². The Morgan fingerprint density at radius 1 is 0.469 bits per heavy atom. The zero-order valence-corrected chi connectivity index (χ0v) is 81.4. The summed E-state index contributed by atoms with van der Waals surface area (Å²) in [4.78, 5) is 63.2. The average Bonchev–Trinajstić information content (AvgIpc) is 1.61. The van der Waals surface area contributed by atoms with E-state index < -0.39 is 59.6 Å². The number of amides is 1. The number of hydrogen-bond acceptors (Lipinski definition) is 22. The van der Waals surface area contributed by atoms with Crippen molar-refractivity contribution in [1.82, 2.24) is 74.1 Å². The van der Waals surface area contributed by atoms with Crippen molar-refractivity contribution in [3.63, 3.8) is 0 Å². The maximum absolute atomic E-state index is 13.9. The van der Waals surface area contributed by atoms with Gasteiger partial charge in [-0.2, -0.15) is 32.6 Å². The van der Waals surface area contributed by atoms with E-state index in [4.69, 9.17) is 29.0 Å². The quantitative estimate of drug-likeness (QED) is 0.0471. The summed E-state index contributed by atoms with van der Waals surface area (Å²) in [6, 6.07) is 31.3. The molecule has 13 rings (SSSR count). The van der Waals surface area contributed by atoms with Crippen LogP contribution in [0, 0.1) is 52.1 Å². The fourth-order valence-corrected chi connectivity index (χ4v) is 12.6. The van der Waals surface area contributed by atoms with Crippen molar-refractivity contribution in [2.75, 3.05) is 40.9 Å². The number of methoxy groups -OCH3 is 4. The van der Waals surface area contributed by atoms with Crippen LogP contribution in [-0.2, 0) is 18.8 Å². The number of hydrogen-bond donors (Lipinski definition) is 3. The number of carbonyl (C=O) groups is 5. The van der Waals surface area contributed by atoms with Gasteiger partial charge in [0.2, 0.25) is 5.82 Å².